The van der Waals surface area contributed by atoms with Crippen molar-refractivity contribution in [2.24, 2.45) is 5.73 Å². The summed E-state index contributed by atoms with van der Waals surface area (Å²) in [4.78, 5) is 44.6. The number of carbonyl (C=O) groups excluding carboxylic acids is 3. The van der Waals surface area contributed by atoms with Crippen LogP contribution in [0.1, 0.15) is 29.7 Å². The third-order valence-electron chi connectivity index (χ3n) is 5.30. The Morgan fingerprint density at radius 3 is 1.97 bits per heavy atom. The number of amidine groups is 1. The normalized spacial score (nSPS) is 11.0. The minimum Gasteiger partial charge on any atom is -0.497 e. The lowest BCUT2D eigenvalue weighted by atomic mass is 10.0. The molecule has 38 heavy (non-hydrogen) atoms. The quantitative estimate of drug-likeness (QED) is 0.136. The zero-order valence-electron chi connectivity index (χ0n) is 21.1. The van der Waals surface area contributed by atoms with Crippen molar-refractivity contribution in [3.63, 3.8) is 0 Å². The van der Waals surface area contributed by atoms with Crippen molar-refractivity contribution in [1.29, 1.82) is 5.41 Å². The topological polar surface area (TPSA) is 162 Å². The van der Waals surface area contributed by atoms with E-state index >= 15 is 0 Å². The van der Waals surface area contributed by atoms with Crippen LogP contribution in [0, 0.1) is 5.41 Å². The van der Waals surface area contributed by atoms with E-state index in [9.17, 15) is 14.4 Å². The average molecular weight is 521 g/mol. The van der Waals surface area contributed by atoms with Gasteiger partial charge < -0.3 is 25.8 Å². The van der Waals surface area contributed by atoms with Crippen molar-refractivity contribution in [3.8, 4) is 11.5 Å². The molecule has 11 heteroatoms. The fourth-order valence-electron chi connectivity index (χ4n) is 3.43. The lowest BCUT2D eigenvalue weighted by molar-refractivity contribution is -0.256. The number of methoxy groups -OCH3 is 2. The fraction of sp³-hybridized carbons (Fsp3) is 0.185. The predicted molar refractivity (Wildman–Crippen MR) is 140 cm³/mol. The zero-order chi connectivity index (χ0) is 27.7. The van der Waals surface area contributed by atoms with Crippen molar-refractivity contribution < 1.29 is 33.6 Å². The second kappa shape index (κ2) is 12.8. The first-order valence-electron chi connectivity index (χ1n) is 11.4. The molecule has 0 saturated carbocycles. The number of benzene rings is 3. The molecule has 0 heterocycles. The van der Waals surface area contributed by atoms with E-state index < -0.39 is 18.0 Å². The van der Waals surface area contributed by atoms with Crippen LogP contribution in [0.5, 0.6) is 11.5 Å². The summed E-state index contributed by atoms with van der Waals surface area (Å²) < 4.78 is 10.7. The van der Waals surface area contributed by atoms with Crippen molar-refractivity contribution in [2.45, 2.75) is 19.4 Å². The molecule has 11 nitrogen and oxygen atoms in total. The number of rotatable bonds is 10. The lowest BCUT2D eigenvalue weighted by Gasteiger charge is -2.21. The molecule has 0 saturated heterocycles. The standard InChI is InChI=1S/C27H28N4O7/c1-16(32)37-38-24(33)12-17-4-8-21(9-5-17)31-27(34)25(19-13-22(35-2)15-23(14-19)36-3)30-20-10-6-18(7-11-20)26(28)29/h4-11,13-15,25,30H,12H2,1-3H3,(H3,28,29)(H,31,34)/t25-/m0/s1. The summed E-state index contributed by atoms with van der Waals surface area (Å²) in [6, 6.07) is 17.6. The Bertz CT molecular complexity index is 1290. The van der Waals surface area contributed by atoms with E-state index in [1.54, 1.807) is 66.7 Å². The fourth-order valence-corrected chi connectivity index (χ4v) is 3.43. The van der Waals surface area contributed by atoms with E-state index in [1.165, 1.54) is 14.2 Å². The van der Waals surface area contributed by atoms with Crippen LogP contribution in [-0.2, 0) is 30.6 Å². The number of carbonyl (C=O) groups is 3. The maximum atomic E-state index is 13.5. The highest BCUT2D eigenvalue weighted by Crippen LogP contribution is 2.30. The number of hydrogen-bond donors (Lipinski definition) is 4. The summed E-state index contributed by atoms with van der Waals surface area (Å²) >= 11 is 0. The van der Waals surface area contributed by atoms with Crippen molar-refractivity contribution in [3.05, 3.63) is 83.4 Å². The van der Waals surface area contributed by atoms with Gasteiger partial charge in [0.2, 0.25) is 0 Å². The maximum absolute atomic E-state index is 13.5. The molecule has 0 radical (unpaired) electrons. The highest BCUT2D eigenvalue weighted by atomic mass is 17.2. The Morgan fingerprint density at radius 1 is 0.868 bits per heavy atom. The summed E-state index contributed by atoms with van der Waals surface area (Å²) in [6.45, 7) is 1.12. The number of anilines is 2. The second-order valence-corrected chi connectivity index (χ2v) is 8.11. The molecule has 3 aromatic rings. The van der Waals surface area contributed by atoms with Gasteiger partial charge in [-0.3, -0.25) is 10.2 Å². The molecule has 0 unspecified atom stereocenters. The summed E-state index contributed by atoms with van der Waals surface area (Å²) in [7, 11) is 3.04. The van der Waals surface area contributed by atoms with Crippen molar-refractivity contribution >= 4 is 35.1 Å². The van der Waals surface area contributed by atoms with Crippen LogP contribution in [0.4, 0.5) is 11.4 Å². The number of amides is 1. The molecule has 0 fully saturated rings. The van der Waals surface area contributed by atoms with Gasteiger partial charge in [0.05, 0.1) is 20.6 Å². The van der Waals surface area contributed by atoms with Crippen molar-refractivity contribution in [2.75, 3.05) is 24.9 Å². The largest absolute Gasteiger partial charge is 0.497 e. The predicted octanol–water partition coefficient (Wildman–Crippen LogP) is 3.34. The molecule has 1 amide bonds. The summed E-state index contributed by atoms with van der Waals surface area (Å²) in [5, 5.41) is 13.6. The van der Waals surface area contributed by atoms with Gasteiger partial charge in [0, 0.05) is 29.9 Å². The first-order chi connectivity index (χ1) is 18.2. The number of nitrogens with two attached hydrogens (primary N) is 1. The molecule has 3 aromatic carbocycles. The minimum atomic E-state index is -0.861. The van der Waals surface area contributed by atoms with E-state index in [2.05, 4.69) is 20.4 Å². The molecule has 5 N–H and O–H groups in total. The summed E-state index contributed by atoms with van der Waals surface area (Å²) in [6.07, 6.45) is -0.119. The van der Waals surface area contributed by atoms with Gasteiger partial charge in [-0.25, -0.2) is 19.4 Å². The molecular formula is C27H28N4O7. The number of hydrogen-bond acceptors (Lipinski definition) is 9. The van der Waals surface area contributed by atoms with Crippen LogP contribution < -0.4 is 25.8 Å². The monoisotopic (exact) mass is 520 g/mol. The van der Waals surface area contributed by atoms with Gasteiger partial charge in [-0.05, 0) is 59.7 Å². The number of nitrogens with one attached hydrogen (secondary N) is 3. The number of nitrogen functional groups attached to an aromatic ring is 1. The molecule has 198 valence electrons. The molecule has 0 spiro atoms. The Kier molecular flexibility index (Phi) is 9.25. The van der Waals surface area contributed by atoms with Crippen LogP contribution in [0.15, 0.2) is 66.7 Å². The van der Waals surface area contributed by atoms with Gasteiger partial charge in [0.15, 0.2) is 0 Å². The van der Waals surface area contributed by atoms with Gasteiger partial charge in [0.1, 0.15) is 23.4 Å². The second-order valence-electron chi connectivity index (χ2n) is 8.11. The Balaban J connectivity index is 1.82. The smallest absolute Gasteiger partial charge is 0.359 e. The average Bonchev–Trinajstić information content (AvgIpc) is 2.91. The van der Waals surface area contributed by atoms with E-state index in [0.29, 0.717) is 39.6 Å². The van der Waals surface area contributed by atoms with Gasteiger partial charge in [-0.2, -0.15) is 0 Å². The molecule has 0 aromatic heterocycles. The van der Waals surface area contributed by atoms with E-state index in [1.807, 2.05) is 0 Å². The Hall–Kier alpha value is -5.06. The van der Waals surface area contributed by atoms with Crippen LogP contribution in [0.25, 0.3) is 0 Å². The minimum absolute atomic E-state index is 0.0635. The third-order valence-corrected chi connectivity index (χ3v) is 5.30. The molecule has 1 atom stereocenters. The van der Waals surface area contributed by atoms with Gasteiger partial charge in [-0.1, -0.05) is 12.1 Å². The van der Waals surface area contributed by atoms with Crippen molar-refractivity contribution in [1.82, 2.24) is 0 Å². The van der Waals surface area contributed by atoms with Crippen LogP contribution in [-0.4, -0.2) is 37.9 Å². The molecule has 0 aliphatic heterocycles. The molecule has 0 aliphatic carbocycles. The van der Waals surface area contributed by atoms with Gasteiger partial charge >= 0.3 is 11.9 Å². The van der Waals surface area contributed by atoms with E-state index in [-0.39, 0.29) is 18.2 Å². The maximum Gasteiger partial charge on any atom is 0.359 e. The lowest BCUT2D eigenvalue weighted by Crippen LogP contribution is -2.27. The van der Waals surface area contributed by atoms with Gasteiger partial charge in [0.25, 0.3) is 5.91 Å². The first kappa shape index (κ1) is 27.5. The van der Waals surface area contributed by atoms with Crippen LogP contribution >= 0.6 is 0 Å². The highest BCUT2D eigenvalue weighted by Gasteiger charge is 2.23. The SMILES string of the molecule is COc1cc(OC)cc([C@H](Nc2ccc(C(=N)N)cc2)C(=O)Nc2ccc(CC(=O)OOC(C)=O)cc2)c1. The Morgan fingerprint density at radius 2 is 1.45 bits per heavy atom. The van der Waals surface area contributed by atoms with Crippen LogP contribution in [0.2, 0.25) is 0 Å². The van der Waals surface area contributed by atoms with Gasteiger partial charge in [-0.15, -0.1) is 0 Å². The molecular weight excluding hydrogens is 492 g/mol. The third kappa shape index (κ3) is 7.72. The first-order valence-corrected chi connectivity index (χ1v) is 11.4. The zero-order valence-corrected chi connectivity index (χ0v) is 21.1. The van der Waals surface area contributed by atoms with E-state index in [4.69, 9.17) is 20.6 Å². The Labute approximate surface area is 219 Å². The molecule has 3 rings (SSSR count). The highest BCUT2D eigenvalue weighted by molar-refractivity contribution is 5.98. The summed E-state index contributed by atoms with van der Waals surface area (Å²) in [5.74, 6) is -0.886. The molecule has 0 bridgehead atoms. The van der Waals surface area contributed by atoms with E-state index in [0.717, 1.165) is 6.92 Å². The number of ether oxygens (including phenoxy) is 2. The molecule has 0 aliphatic rings. The summed E-state index contributed by atoms with van der Waals surface area (Å²) in [5.41, 5.74) is 8.38. The van der Waals surface area contributed by atoms with Crippen LogP contribution in [0.3, 0.4) is 0 Å².